The summed E-state index contributed by atoms with van der Waals surface area (Å²) in [4.78, 5) is 0. The van der Waals surface area contributed by atoms with Crippen LogP contribution in [0.1, 0.15) is 49.9 Å². The quantitative estimate of drug-likeness (QED) is 0.134. The number of rotatable bonds is 8. The third-order valence-electron chi connectivity index (χ3n) is 12.5. The number of allylic oxidation sites excluding steroid dienone is 2. The van der Waals surface area contributed by atoms with Gasteiger partial charge in [-0.2, -0.15) is 0 Å². The fourth-order valence-corrected chi connectivity index (χ4v) is 35.5. The van der Waals surface area contributed by atoms with Gasteiger partial charge in [-0.25, -0.2) is 0 Å². The van der Waals surface area contributed by atoms with Crippen molar-refractivity contribution in [2.24, 2.45) is 5.92 Å². The first-order valence-electron chi connectivity index (χ1n) is 18.8. The minimum absolute atomic E-state index is 0.360. The fraction of sp³-hybridized carbons (Fsp3) is 0.180. The van der Waals surface area contributed by atoms with E-state index in [1.807, 2.05) is 0 Å². The fourth-order valence-electron chi connectivity index (χ4n) is 9.58. The van der Waals surface area contributed by atoms with Gasteiger partial charge >= 0.3 is 305 Å². The predicted molar refractivity (Wildman–Crippen MR) is 221 cm³/mol. The minimum atomic E-state index is -4.69. The zero-order valence-electron chi connectivity index (χ0n) is 30.7. The van der Waals surface area contributed by atoms with Gasteiger partial charge in [-0.15, -0.1) is 0 Å². The number of benzene rings is 6. The van der Waals surface area contributed by atoms with Crippen molar-refractivity contribution in [3.8, 4) is 44.5 Å². The van der Waals surface area contributed by atoms with E-state index in [2.05, 4.69) is 202 Å². The summed E-state index contributed by atoms with van der Waals surface area (Å²) >= 11 is -4.69. The molecule has 2 aliphatic carbocycles. The van der Waals surface area contributed by atoms with E-state index in [-0.39, 0.29) is 0 Å². The van der Waals surface area contributed by atoms with Gasteiger partial charge in [0.05, 0.1) is 0 Å². The molecule has 0 fully saturated rings. The molecule has 253 valence electrons. The van der Waals surface area contributed by atoms with Gasteiger partial charge in [-0.05, 0) is 0 Å². The summed E-state index contributed by atoms with van der Waals surface area (Å²) in [5.74, 6) is 0.595. The molecular weight excluding hydrogens is 779 g/mol. The van der Waals surface area contributed by atoms with Crippen LogP contribution in [0, 0.1) is 5.92 Å². The molecule has 0 aliphatic heterocycles. The van der Waals surface area contributed by atoms with Crippen molar-refractivity contribution in [2.45, 2.75) is 41.7 Å². The van der Waals surface area contributed by atoms with Crippen LogP contribution in [-0.2, 0) is 16.5 Å². The molecule has 2 aliphatic rings. The zero-order chi connectivity index (χ0) is 35.3. The molecule has 0 N–H and O–H groups in total. The summed E-state index contributed by atoms with van der Waals surface area (Å²) in [6, 6.07) is 53.7. The molecule has 0 heterocycles. The second kappa shape index (κ2) is 12.3. The standard InChI is InChI=1S/2C21H15.C5H10.3CH3.Hf/c2*1-2-8-16(9-3-1)18-12-4-5-13-20(18)21-15-7-11-17-10-6-14-19(17)21;1-4-5(2)3;;;;/h2*1-15H;1,5H,4H2,2-3H3;3*1H3;. The van der Waals surface area contributed by atoms with Crippen LogP contribution in [0.5, 0.6) is 0 Å². The first-order chi connectivity index (χ1) is 24.6. The molecule has 0 amide bonds. The zero-order valence-corrected chi connectivity index (χ0v) is 34.3. The Morgan fingerprint density at radius 1 is 0.451 bits per heavy atom. The molecule has 0 bridgehead atoms. The molecule has 6 aromatic carbocycles. The molecule has 2 atom stereocenters. The summed E-state index contributed by atoms with van der Waals surface area (Å²) in [5.41, 5.74) is 16.1. The summed E-state index contributed by atoms with van der Waals surface area (Å²) in [7, 11) is 0. The van der Waals surface area contributed by atoms with E-state index in [0.29, 0.717) is 13.3 Å². The Balaban J connectivity index is 1.30. The van der Waals surface area contributed by atoms with Crippen molar-refractivity contribution >= 4 is 15.9 Å². The van der Waals surface area contributed by atoms with Crippen LogP contribution < -0.4 is 0 Å². The van der Waals surface area contributed by atoms with Crippen molar-refractivity contribution < 1.29 is 16.5 Å². The average molecular weight is 828 g/mol. The van der Waals surface area contributed by atoms with Gasteiger partial charge in [-0.1, -0.05) is 0 Å². The van der Waals surface area contributed by atoms with Crippen molar-refractivity contribution in [3.05, 3.63) is 180 Å². The molecule has 0 nitrogen and oxygen atoms in total. The van der Waals surface area contributed by atoms with Gasteiger partial charge in [0.2, 0.25) is 0 Å². The average Bonchev–Trinajstić information content (AvgIpc) is 3.82. The molecule has 0 saturated carbocycles. The number of hydrogen-bond acceptors (Lipinski definition) is 0. The van der Waals surface area contributed by atoms with Crippen molar-refractivity contribution in [1.82, 2.24) is 0 Å². The van der Waals surface area contributed by atoms with Gasteiger partial charge < -0.3 is 0 Å². The van der Waals surface area contributed by atoms with Gasteiger partial charge in [0.25, 0.3) is 0 Å². The summed E-state index contributed by atoms with van der Waals surface area (Å²) in [6.45, 7) is 4.76. The Morgan fingerprint density at radius 3 is 1.24 bits per heavy atom. The predicted octanol–water partition coefficient (Wildman–Crippen LogP) is 14.4. The van der Waals surface area contributed by atoms with Gasteiger partial charge in [0, 0.05) is 0 Å². The molecule has 0 aromatic heterocycles. The third kappa shape index (κ3) is 5.66. The normalized spacial score (nSPS) is 17.5. The Morgan fingerprint density at radius 2 is 0.824 bits per heavy atom. The Kier molecular flexibility index (Phi) is 8.15. The maximum absolute atomic E-state index is 4.69. The monoisotopic (exact) mass is 829 g/mol. The van der Waals surface area contributed by atoms with E-state index in [0.717, 1.165) is 6.42 Å². The van der Waals surface area contributed by atoms with Crippen LogP contribution in [0.4, 0.5) is 0 Å². The molecule has 1 heteroatoms. The molecule has 6 aromatic rings. The van der Waals surface area contributed by atoms with Crippen LogP contribution in [0.2, 0.25) is 14.0 Å². The Bertz CT molecular complexity index is 2260. The van der Waals surface area contributed by atoms with Crippen molar-refractivity contribution in [2.75, 3.05) is 0 Å². The van der Waals surface area contributed by atoms with E-state index in [1.54, 1.807) is 0 Å². The SMILES string of the molecule is CC(C)C[CH]=[Hf]([CH3])([CH3])([CH3])([CH]1C=Cc2c(-c3ccccc3-c3ccccc3)cccc21)[CH]1C=Cc2c(-c3ccccc3-c3ccccc3)cccc21. The number of hydrogen-bond donors (Lipinski definition) is 0. The molecule has 0 saturated heterocycles. The maximum atomic E-state index is 2.91. The molecular formula is C50H49Hf. The molecule has 0 radical (unpaired) electrons. The molecule has 8 rings (SSSR count). The first-order valence-corrected chi connectivity index (χ1v) is 35.8. The second-order valence-corrected chi connectivity index (χ2v) is 56.5. The molecule has 51 heavy (non-hydrogen) atoms. The Labute approximate surface area is 302 Å². The topological polar surface area (TPSA) is 0 Å². The van der Waals surface area contributed by atoms with Crippen molar-refractivity contribution in [3.63, 3.8) is 0 Å². The van der Waals surface area contributed by atoms with Crippen LogP contribution in [0.15, 0.2) is 158 Å². The van der Waals surface area contributed by atoms with Crippen LogP contribution >= 0.6 is 0 Å². The van der Waals surface area contributed by atoms with E-state index < -0.39 is 16.5 Å². The Hall–Kier alpha value is -4.46. The molecule has 2 unspecified atom stereocenters. The van der Waals surface area contributed by atoms with Crippen LogP contribution in [0.3, 0.4) is 0 Å². The van der Waals surface area contributed by atoms with Gasteiger partial charge in [0.1, 0.15) is 0 Å². The van der Waals surface area contributed by atoms with Crippen LogP contribution in [-0.4, -0.2) is 3.76 Å². The van der Waals surface area contributed by atoms with E-state index in [9.17, 15) is 0 Å². The van der Waals surface area contributed by atoms with Crippen LogP contribution in [0.25, 0.3) is 56.7 Å². The van der Waals surface area contributed by atoms with Crippen molar-refractivity contribution in [1.29, 1.82) is 0 Å². The third-order valence-corrected chi connectivity index (χ3v) is 41.6. The second-order valence-electron chi connectivity index (χ2n) is 17.5. The number of fused-ring (bicyclic) bond motifs is 2. The van der Waals surface area contributed by atoms with E-state index >= 15 is 0 Å². The van der Waals surface area contributed by atoms with E-state index in [1.165, 1.54) is 66.8 Å². The summed E-state index contributed by atoms with van der Waals surface area (Å²) in [6.07, 6.45) is 11.3. The van der Waals surface area contributed by atoms with Gasteiger partial charge in [-0.3, -0.25) is 0 Å². The van der Waals surface area contributed by atoms with Gasteiger partial charge in [0.15, 0.2) is 0 Å². The molecule has 0 spiro atoms. The first kappa shape index (κ1) is 33.7. The summed E-state index contributed by atoms with van der Waals surface area (Å²) in [5, 5.41) is 0. The van der Waals surface area contributed by atoms with E-state index in [4.69, 9.17) is 0 Å². The summed E-state index contributed by atoms with van der Waals surface area (Å²) < 4.78 is 11.9.